The minimum Gasteiger partial charge on any atom is -1.00 e. The maximum absolute atomic E-state index is 4.92. The third kappa shape index (κ3) is 4.60. The zero-order valence-electron chi connectivity index (χ0n) is 18.2. The van der Waals surface area contributed by atoms with E-state index in [9.17, 15) is 0 Å². The van der Waals surface area contributed by atoms with Gasteiger partial charge >= 0.3 is 0 Å². The number of aryl methyl sites for hydroxylation is 1. The van der Waals surface area contributed by atoms with E-state index >= 15 is 0 Å². The number of hydrogen-bond donors (Lipinski definition) is 0. The van der Waals surface area contributed by atoms with Gasteiger partial charge in [-0.05, 0) is 36.2 Å². The van der Waals surface area contributed by atoms with Gasteiger partial charge in [0.15, 0.2) is 0 Å². The van der Waals surface area contributed by atoms with Gasteiger partial charge in [-0.1, -0.05) is 72.8 Å². The van der Waals surface area contributed by atoms with Crippen LogP contribution >= 0.6 is 0 Å². The molecule has 0 amide bonds. The van der Waals surface area contributed by atoms with Gasteiger partial charge in [0.2, 0.25) is 11.0 Å². The van der Waals surface area contributed by atoms with Crippen molar-refractivity contribution in [1.29, 1.82) is 0 Å². The van der Waals surface area contributed by atoms with Gasteiger partial charge in [0.1, 0.15) is 17.6 Å². The van der Waals surface area contributed by atoms with Crippen LogP contribution in [0.4, 0.5) is 5.69 Å². The Bertz CT molecular complexity index is 1280. The Morgan fingerprint density at radius 2 is 1.22 bits per heavy atom. The summed E-state index contributed by atoms with van der Waals surface area (Å²) in [7, 11) is 0. The summed E-state index contributed by atoms with van der Waals surface area (Å²) < 4.78 is 2.37. The highest BCUT2D eigenvalue weighted by molar-refractivity contribution is 5.83. The Balaban J connectivity index is 0.00000245. The summed E-state index contributed by atoms with van der Waals surface area (Å²) in [6.07, 6.45) is 0. The monoisotopic (exact) mass is 531 g/mol. The number of para-hydroxylation sites is 2. The van der Waals surface area contributed by atoms with Crippen molar-refractivity contribution >= 4 is 27.8 Å². The van der Waals surface area contributed by atoms with Crippen molar-refractivity contribution in [3.63, 3.8) is 0 Å². The largest absolute Gasteiger partial charge is 1.00 e. The molecule has 0 radical (unpaired) electrons. The lowest BCUT2D eigenvalue weighted by Crippen LogP contribution is -3.00. The van der Waals surface area contributed by atoms with Gasteiger partial charge in [0, 0.05) is 30.9 Å². The number of aromatic nitrogens is 2. The molecule has 5 rings (SSSR count). The summed E-state index contributed by atoms with van der Waals surface area (Å²) in [6, 6.07) is 36.4. The van der Waals surface area contributed by atoms with Gasteiger partial charge < -0.3 is 28.9 Å². The quantitative estimate of drug-likeness (QED) is 0.191. The first-order chi connectivity index (χ1) is 15.3. The predicted octanol–water partition coefficient (Wildman–Crippen LogP) is 2.91. The number of benzene rings is 4. The van der Waals surface area contributed by atoms with Crippen molar-refractivity contribution in [1.82, 2.24) is 4.98 Å². The van der Waals surface area contributed by atoms with E-state index in [-0.39, 0.29) is 24.0 Å². The summed E-state index contributed by atoms with van der Waals surface area (Å²) in [6.45, 7) is 4.81. The van der Waals surface area contributed by atoms with Crippen LogP contribution in [0, 0.1) is 0 Å². The average molecular weight is 531 g/mol. The summed E-state index contributed by atoms with van der Waals surface area (Å²) in [4.78, 5) is 7.36. The fourth-order valence-electron chi connectivity index (χ4n) is 4.25. The van der Waals surface area contributed by atoms with Crippen molar-refractivity contribution in [3.05, 3.63) is 114 Å². The zero-order chi connectivity index (χ0) is 21.0. The van der Waals surface area contributed by atoms with E-state index in [0.717, 1.165) is 30.7 Å². The molecule has 4 aromatic carbocycles. The number of nitrogens with zero attached hydrogens (tertiary/aromatic N) is 3. The molecular formula is C28H26IN3. The molecule has 32 heavy (non-hydrogen) atoms. The van der Waals surface area contributed by atoms with Crippen LogP contribution in [0.25, 0.3) is 22.1 Å². The first kappa shape index (κ1) is 22.2. The van der Waals surface area contributed by atoms with Crippen molar-refractivity contribution in [3.8, 4) is 0 Å². The van der Waals surface area contributed by atoms with E-state index in [0.29, 0.717) is 0 Å². The van der Waals surface area contributed by atoms with E-state index < -0.39 is 0 Å². The fourth-order valence-corrected chi connectivity index (χ4v) is 4.25. The predicted molar refractivity (Wildman–Crippen MR) is 128 cm³/mol. The van der Waals surface area contributed by atoms with Gasteiger partial charge in [-0.15, -0.1) is 0 Å². The Kier molecular flexibility index (Phi) is 7.00. The first-order valence-corrected chi connectivity index (χ1v) is 10.9. The summed E-state index contributed by atoms with van der Waals surface area (Å²) >= 11 is 0. The molecule has 1 heterocycles. The lowest BCUT2D eigenvalue weighted by atomic mass is 10.1. The first-order valence-electron chi connectivity index (χ1n) is 10.9. The van der Waals surface area contributed by atoms with Crippen molar-refractivity contribution < 1.29 is 28.5 Å². The molecule has 3 nitrogen and oxygen atoms in total. The van der Waals surface area contributed by atoms with Gasteiger partial charge in [0.25, 0.3) is 0 Å². The number of fused-ring (bicyclic) bond motifs is 2. The molecule has 4 heteroatoms. The number of halogens is 1. The maximum atomic E-state index is 4.92. The van der Waals surface area contributed by atoms with Crippen molar-refractivity contribution in [2.75, 3.05) is 4.90 Å². The summed E-state index contributed by atoms with van der Waals surface area (Å²) in [5, 5.41) is 0. The van der Waals surface area contributed by atoms with Crippen molar-refractivity contribution in [2.45, 2.75) is 26.6 Å². The van der Waals surface area contributed by atoms with Gasteiger partial charge in [0.05, 0.1) is 0 Å². The van der Waals surface area contributed by atoms with E-state index in [1.165, 1.54) is 27.8 Å². The van der Waals surface area contributed by atoms with Crippen LogP contribution in [-0.2, 0) is 19.6 Å². The number of hydrogen-bond acceptors (Lipinski definition) is 2. The van der Waals surface area contributed by atoms with Crippen LogP contribution in [0.15, 0.2) is 103 Å². The lowest BCUT2D eigenvalue weighted by Gasteiger charge is -2.25. The van der Waals surface area contributed by atoms with E-state index in [4.69, 9.17) is 4.98 Å². The minimum atomic E-state index is 0. The highest BCUT2D eigenvalue weighted by atomic mass is 127. The molecule has 0 spiro atoms. The van der Waals surface area contributed by atoms with E-state index in [1.54, 1.807) is 0 Å². The molecule has 0 aliphatic rings. The normalized spacial score (nSPS) is 10.8. The van der Waals surface area contributed by atoms with Crippen LogP contribution < -0.4 is 33.4 Å². The molecule has 160 valence electrons. The maximum Gasteiger partial charge on any atom is 0.233 e. The second kappa shape index (κ2) is 10.1. The lowest BCUT2D eigenvalue weighted by molar-refractivity contribution is -0.641. The van der Waals surface area contributed by atoms with Crippen molar-refractivity contribution in [2.24, 2.45) is 0 Å². The molecule has 0 atom stereocenters. The Morgan fingerprint density at radius 3 is 1.84 bits per heavy atom. The molecule has 1 aromatic heterocycles. The molecule has 0 bridgehead atoms. The van der Waals surface area contributed by atoms with E-state index in [2.05, 4.69) is 120 Å². The minimum absolute atomic E-state index is 0. The Morgan fingerprint density at radius 1 is 0.656 bits per heavy atom. The van der Waals surface area contributed by atoms with Crippen LogP contribution in [0.1, 0.15) is 18.1 Å². The second-order valence-corrected chi connectivity index (χ2v) is 7.85. The third-order valence-electron chi connectivity index (χ3n) is 5.78. The standard InChI is InChI=1S/C28H26N3.HI/c1-2-31-27-16-10-9-15-25(27)29-26-18-17-24(19-28(26)31)30(20-22-11-5-3-6-12-22)21-23-13-7-4-8-14-23;/h3-19H,2,20-21H2,1H3;1H/q+1;/p-1. The molecule has 0 saturated heterocycles. The van der Waals surface area contributed by atoms with Gasteiger partial charge in [-0.3, -0.25) is 0 Å². The highest BCUT2D eigenvalue weighted by Crippen LogP contribution is 2.25. The molecule has 0 saturated carbocycles. The zero-order valence-corrected chi connectivity index (χ0v) is 20.3. The second-order valence-electron chi connectivity index (χ2n) is 7.85. The molecule has 0 aliphatic carbocycles. The van der Waals surface area contributed by atoms with E-state index in [1.807, 2.05) is 0 Å². The third-order valence-corrected chi connectivity index (χ3v) is 5.78. The SMILES string of the molecule is CC[n+]1c2ccccc2nc2ccc(N(Cc3ccccc3)Cc3ccccc3)cc21.[I-]. The van der Waals surface area contributed by atoms with Gasteiger partial charge in [-0.25, -0.2) is 4.98 Å². The molecule has 0 N–H and O–H groups in total. The van der Waals surface area contributed by atoms with Crippen LogP contribution in [0.3, 0.4) is 0 Å². The molecule has 0 unspecified atom stereocenters. The molecule has 5 aromatic rings. The van der Waals surface area contributed by atoms with Gasteiger partial charge in [-0.2, -0.15) is 4.57 Å². The summed E-state index contributed by atoms with van der Waals surface area (Å²) in [5.74, 6) is 0. The molecular weight excluding hydrogens is 505 g/mol. The molecule has 0 aliphatic heterocycles. The number of rotatable bonds is 6. The number of anilines is 1. The van der Waals surface area contributed by atoms with Crippen LogP contribution in [-0.4, -0.2) is 4.98 Å². The highest BCUT2D eigenvalue weighted by Gasteiger charge is 2.17. The van der Waals surface area contributed by atoms with Crippen LogP contribution in [0.5, 0.6) is 0 Å². The Labute approximate surface area is 206 Å². The van der Waals surface area contributed by atoms with Crippen LogP contribution in [0.2, 0.25) is 0 Å². The topological polar surface area (TPSA) is 20.0 Å². The average Bonchev–Trinajstić information content (AvgIpc) is 2.83. The Hall–Kier alpha value is -2.99. The fraction of sp³-hybridized carbons (Fsp3) is 0.143. The molecule has 0 fully saturated rings. The smallest absolute Gasteiger partial charge is 0.233 e. The summed E-state index contributed by atoms with van der Waals surface area (Å²) in [5.41, 5.74) is 8.23.